The topological polar surface area (TPSA) is 51.5 Å². The molecule has 0 saturated heterocycles. The number of aryl methyl sites for hydroxylation is 1. The normalized spacial score (nSPS) is 10.8. The molecule has 1 aromatic carbocycles. The quantitative estimate of drug-likeness (QED) is 0.607. The molecule has 2 aromatic rings. The van der Waals surface area contributed by atoms with Crippen LogP contribution in [0.4, 0.5) is 0 Å². The first-order valence-electron chi connectivity index (χ1n) is 7.67. The predicted octanol–water partition coefficient (Wildman–Crippen LogP) is 4.26. The molecule has 0 fully saturated rings. The van der Waals surface area contributed by atoms with E-state index in [9.17, 15) is 4.79 Å². The van der Waals surface area contributed by atoms with Crippen LogP contribution in [0.25, 0.3) is 0 Å². The van der Waals surface area contributed by atoms with Gasteiger partial charge in [0, 0.05) is 0 Å². The van der Waals surface area contributed by atoms with Gasteiger partial charge in [-0.3, -0.25) is 4.79 Å². The predicted molar refractivity (Wildman–Crippen MR) is 91.4 cm³/mol. The van der Waals surface area contributed by atoms with Gasteiger partial charge < -0.3 is 14.5 Å². The third-order valence-corrected chi connectivity index (χ3v) is 3.72. The van der Waals surface area contributed by atoms with Crippen molar-refractivity contribution in [3.8, 4) is 5.75 Å². The van der Waals surface area contributed by atoms with Crippen LogP contribution in [0.2, 0.25) is 0 Å². The highest BCUT2D eigenvalue weighted by Crippen LogP contribution is 2.27. The van der Waals surface area contributed by atoms with Crippen molar-refractivity contribution in [2.24, 2.45) is 0 Å². The van der Waals surface area contributed by atoms with Gasteiger partial charge in [-0.05, 0) is 42.2 Å². The fourth-order valence-electron chi connectivity index (χ4n) is 2.23. The molecule has 0 saturated carbocycles. The molecular formula is C18H22ClNO3. The minimum absolute atomic E-state index is 0.252. The molecule has 0 atom stereocenters. The Kier molecular flexibility index (Phi) is 6.11. The van der Waals surface area contributed by atoms with Crippen LogP contribution in [0.5, 0.6) is 5.75 Å². The van der Waals surface area contributed by atoms with E-state index in [1.54, 1.807) is 12.1 Å². The number of carbonyl (C=O) groups is 1. The van der Waals surface area contributed by atoms with Crippen LogP contribution in [0, 0.1) is 6.92 Å². The van der Waals surface area contributed by atoms with Crippen molar-refractivity contribution < 1.29 is 13.9 Å². The zero-order valence-corrected chi connectivity index (χ0v) is 14.4. The fourth-order valence-corrected chi connectivity index (χ4v) is 2.37. The second kappa shape index (κ2) is 8.06. The first-order chi connectivity index (χ1) is 11.0. The fraction of sp³-hybridized carbons (Fsp3) is 0.389. The van der Waals surface area contributed by atoms with Gasteiger partial charge in [0.05, 0.1) is 12.4 Å². The first-order valence-corrected chi connectivity index (χ1v) is 8.21. The van der Waals surface area contributed by atoms with Crippen LogP contribution in [0.3, 0.4) is 0 Å². The molecule has 0 spiro atoms. The van der Waals surface area contributed by atoms with Gasteiger partial charge in [-0.2, -0.15) is 0 Å². The molecule has 1 amide bonds. The van der Waals surface area contributed by atoms with Crippen LogP contribution in [0.15, 0.2) is 34.7 Å². The molecule has 2 rings (SSSR count). The molecule has 0 aliphatic heterocycles. The molecule has 1 N–H and O–H groups in total. The summed E-state index contributed by atoms with van der Waals surface area (Å²) in [6.45, 7) is 7.10. The molecule has 0 unspecified atom stereocenters. The summed E-state index contributed by atoms with van der Waals surface area (Å²) >= 11 is 5.65. The molecule has 1 heterocycles. The lowest BCUT2D eigenvalue weighted by molar-refractivity contribution is 0.0918. The highest BCUT2D eigenvalue weighted by Gasteiger charge is 2.11. The highest BCUT2D eigenvalue weighted by atomic mass is 35.5. The second-order valence-corrected chi connectivity index (χ2v) is 5.97. The molecule has 0 aliphatic rings. The largest absolute Gasteiger partial charge is 0.491 e. The SMILES string of the molecule is Cc1ccc(C(C)C)c(OCCNC(=O)c2ccc(CCl)o2)c1. The molecule has 124 valence electrons. The van der Waals surface area contributed by atoms with Crippen LogP contribution in [0.1, 0.15) is 47.2 Å². The number of hydrogen-bond acceptors (Lipinski definition) is 3. The number of hydrogen-bond donors (Lipinski definition) is 1. The Morgan fingerprint density at radius 1 is 1.30 bits per heavy atom. The average molecular weight is 336 g/mol. The van der Waals surface area contributed by atoms with Crippen LogP contribution in [-0.4, -0.2) is 19.1 Å². The Labute approximate surface area is 141 Å². The second-order valence-electron chi connectivity index (χ2n) is 5.70. The van der Waals surface area contributed by atoms with Gasteiger partial charge >= 0.3 is 0 Å². The van der Waals surface area contributed by atoms with Crippen molar-refractivity contribution >= 4 is 17.5 Å². The van der Waals surface area contributed by atoms with Crippen molar-refractivity contribution in [1.29, 1.82) is 0 Å². The van der Waals surface area contributed by atoms with E-state index in [1.165, 1.54) is 5.56 Å². The molecule has 0 radical (unpaired) electrons. The zero-order chi connectivity index (χ0) is 16.8. The average Bonchev–Trinajstić information content (AvgIpc) is 3.00. The van der Waals surface area contributed by atoms with E-state index in [2.05, 4.69) is 31.3 Å². The number of amides is 1. The molecule has 0 aliphatic carbocycles. The highest BCUT2D eigenvalue weighted by molar-refractivity contribution is 6.16. The van der Waals surface area contributed by atoms with Crippen LogP contribution < -0.4 is 10.1 Å². The minimum Gasteiger partial charge on any atom is -0.491 e. The van der Waals surface area contributed by atoms with E-state index in [0.29, 0.717) is 24.8 Å². The van der Waals surface area contributed by atoms with Crippen molar-refractivity contribution in [1.82, 2.24) is 5.32 Å². The summed E-state index contributed by atoms with van der Waals surface area (Å²) in [4.78, 5) is 11.9. The van der Waals surface area contributed by atoms with E-state index in [-0.39, 0.29) is 17.5 Å². The number of rotatable bonds is 7. The third kappa shape index (κ3) is 4.76. The maximum atomic E-state index is 11.9. The maximum absolute atomic E-state index is 11.9. The molecule has 5 heteroatoms. The number of nitrogens with one attached hydrogen (secondary N) is 1. The molecule has 23 heavy (non-hydrogen) atoms. The lowest BCUT2D eigenvalue weighted by Crippen LogP contribution is -2.27. The number of furan rings is 1. The molecule has 1 aromatic heterocycles. The number of benzene rings is 1. The Morgan fingerprint density at radius 3 is 2.74 bits per heavy atom. The summed E-state index contributed by atoms with van der Waals surface area (Å²) in [5.74, 6) is 2.09. The monoisotopic (exact) mass is 335 g/mol. The molecule has 4 nitrogen and oxygen atoms in total. The van der Waals surface area contributed by atoms with Gasteiger partial charge in [0.1, 0.15) is 18.1 Å². The van der Waals surface area contributed by atoms with Crippen molar-refractivity contribution in [2.75, 3.05) is 13.2 Å². The van der Waals surface area contributed by atoms with E-state index in [0.717, 1.165) is 11.3 Å². The zero-order valence-electron chi connectivity index (χ0n) is 13.7. The van der Waals surface area contributed by atoms with E-state index in [4.69, 9.17) is 20.8 Å². The van der Waals surface area contributed by atoms with Gasteiger partial charge in [-0.15, -0.1) is 11.6 Å². The summed E-state index contributed by atoms with van der Waals surface area (Å²) in [5.41, 5.74) is 2.32. The maximum Gasteiger partial charge on any atom is 0.287 e. The Balaban J connectivity index is 1.85. The Morgan fingerprint density at radius 2 is 2.09 bits per heavy atom. The summed E-state index contributed by atoms with van der Waals surface area (Å²) in [6, 6.07) is 9.50. The summed E-state index contributed by atoms with van der Waals surface area (Å²) in [5, 5.41) is 2.77. The van der Waals surface area contributed by atoms with Crippen molar-refractivity contribution in [2.45, 2.75) is 32.6 Å². The van der Waals surface area contributed by atoms with Gasteiger partial charge in [0.15, 0.2) is 5.76 Å². The number of alkyl halides is 1. The minimum atomic E-state index is -0.265. The number of halogens is 1. The van der Waals surface area contributed by atoms with Crippen molar-refractivity contribution in [3.63, 3.8) is 0 Å². The molecular weight excluding hydrogens is 314 g/mol. The lowest BCUT2D eigenvalue weighted by Gasteiger charge is -2.15. The van der Waals surface area contributed by atoms with Gasteiger partial charge in [-0.25, -0.2) is 0 Å². The first kappa shape index (κ1) is 17.4. The van der Waals surface area contributed by atoms with Crippen LogP contribution in [-0.2, 0) is 5.88 Å². The van der Waals surface area contributed by atoms with Crippen LogP contribution >= 0.6 is 11.6 Å². The smallest absolute Gasteiger partial charge is 0.287 e. The lowest BCUT2D eigenvalue weighted by atomic mass is 10.0. The third-order valence-electron chi connectivity index (χ3n) is 3.45. The van der Waals surface area contributed by atoms with Gasteiger partial charge in [0.2, 0.25) is 0 Å². The van der Waals surface area contributed by atoms with E-state index >= 15 is 0 Å². The summed E-state index contributed by atoms with van der Waals surface area (Å²) in [7, 11) is 0. The Hall–Kier alpha value is -1.94. The standard InChI is InChI=1S/C18H22ClNO3/c1-12(2)15-6-4-13(3)10-17(15)22-9-8-20-18(21)16-7-5-14(11-19)23-16/h4-7,10,12H,8-9,11H2,1-3H3,(H,20,21). The number of ether oxygens (including phenoxy) is 1. The summed E-state index contributed by atoms with van der Waals surface area (Å²) in [6.07, 6.45) is 0. The molecule has 0 bridgehead atoms. The van der Waals surface area contributed by atoms with E-state index < -0.39 is 0 Å². The van der Waals surface area contributed by atoms with E-state index in [1.807, 2.05) is 13.0 Å². The van der Waals surface area contributed by atoms with Crippen molar-refractivity contribution in [3.05, 3.63) is 53.0 Å². The van der Waals surface area contributed by atoms with Gasteiger partial charge in [0.25, 0.3) is 5.91 Å². The summed E-state index contributed by atoms with van der Waals surface area (Å²) < 4.78 is 11.1. The van der Waals surface area contributed by atoms with Gasteiger partial charge in [-0.1, -0.05) is 26.0 Å². The Bertz CT molecular complexity index is 664. The number of carbonyl (C=O) groups excluding carboxylic acids is 1.